The maximum atomic E-state index is 12.5. The molecule has 5 rings (SSSR count). The van der Waals surface area contributed by atoms with E-state index in [1.807, 2.05) is 37.3 Å². The highest BCUT2D eigenvalue weighted by atomic mass is 16.4. The molecule has 33 heavy (non-hydrogen) atoms. The number of aromatic nitrogens is 2. The Morgan fingerprint density at radius 3 is 2.55 bits per heavy atom. The summed E-state index contributed by atoms with van der Waals surface area (Å²) in [6, 6.07) is 12.3. The van der Waals surface area contributed by atoms with Crippen molar-refractivity contribution in [3.05, 3.63) is 53.7 Å². The fourth-order valence-electron chi connectivity index (χ4n) is 4.24. The largest absolute Gasteiger partial charge is 0.465 e. The Balaban J connectivity index is 1.33. The molecule has 1 aliphatic heterocycles. The average molecular weight is 446 g/mol. The third-order valence-electron chi connectivity index (χ3n) is 6.40. The number of carboxylic acid groups (broad SMARTS) is 1. The summed E-state index contributed by atoms with van der Waals surface area (Å²) in [5, 5.41) is 16.4. The molecule has 3 N–H and O–H groups in total. The van der Waals surface area contributed by atoms with Crippen LogP contribution in [0.4, 0.5) is 10.7 Å². The number of carbonyl (C=O) groups excluding carboxylic acids is 1. The van der Waals surface area contributed by atoms with Crippen LogP contribution in [0.25, 0.3) is 22.0 Å². The van der Waals surface area contributed by atoms with Crippen LogP contribution < -0.4 is 10.6 Å². The van der Waals surface area contributed by atoms with Crippen LogP contribution in [0.1, 0.15) is 41.6 Å². The monoisotopic (exact) mass is 445 g/mol. The zero-order valence-corrected chi connectivity index (χ0v) is 18.5. The van der Waals surface area contributed by atoms with E-state index in [0.29, 0.717) is 30.6 Å². The van der Waals surface area contributed by atoms with Crippen molar-refractivity contribution in [1.82, 2.24) is 20.2 Å². The molecule has 0 radical (unpaired) electrons. The lowest BCUT2D eigenvalue weighted by molar-refractivity contribution is 0.0951. The first-order valence-corrected chi connectivity index (χ1v) is 11.4. The van der Waals surface area contributed by atoms with E-state index in [1.54, 1.807) is 6.20 Å². The Hall–Kier alpha value is -3.68. The van der Waals surface area contributed by atoms with Crippen molar-refractivity contribution in [3.63, 3.8) is 0 Å². The van der Waals surface area contributed by atoms with Crippen molar-refractivity contribution in [1.29, 1.82) is 0 Å². The van der Waals surface area contributed by atoms with Crippen LogP contribution in [0.2, 0.25) is 0 Å². The average Bonchev–Trinajstić information content (AvgIpc) is 3.63. The van der Waals surface area contributed by atoms with Crippen molar-refractivity contribution in [2.75, 3.05) is 18.4 Å². The van der Waals surface area contributed by atoms with Gasteiger partial charge < -0.3 is 20.6 Å². The molecular weight excluding hydrogens is 418 g/mol. The molecule has 1 aromatic heterocycles. The van der Waals surface area contributed by atoms with Gasteiger partial charge in [-0.05, 0) is 73.6 Å². The summed E-state index contributed by atoms with van der Waals surface area (Å²) >= 11 is 0. The fourth-order valence-corrected chi connectivity index (χ4v) is 4.24. The van der Waals surface area contributed by atoms with Crippen LogP contribution in [-0.4, -0.2) is 57.1 Å². The molecule has 8 heteroatoms. The van der Waals surface area contributed by atoms with E-state index in [1.165, 1.54) is 4.90 Å². The van der Waals surface area contributed by atoms with E-state index in [-0.39, 0.29) is 11.9 Å². The van der Waals surface area contributed by atoms with Gasteiger partial charge in [-0.2, -0.15) is 0 Å². The first-order valence-electron chi connectivity index (χ1n) is 11.4. The molecule has 2 amide bonds. The smallest absolute Gasteiger partial charge is 0.407 e. The molecular formula is C25H27N5O3. The van der Waals surface area contributed by atoms with Gasteiger partial charge in [-0.1, -0.05) is 12.1 Å². The highest BCUT2D eigenvalue weighted by molar-refractivity contribution is 5.96. The summed E-state index contributed by atoms with van der Waals surface area (Å²) in [4.78, 5) is 34.1. The van der Waals surface area contributed by atoms with E-state index in [2.05, 4.69) is 26.7 Å². The lowest BCUT2D eigenvalue weighted by Gasteiger charge is -2.30. The summed E-state index contributed by atoms with van der Waals surface area (Å²) in [6.45, 7) is 3.07. The second kappa shape index (κ2) is 8.69. The van der Waals surface area contributed by atoms with E-state index < -0.39 is 6.09 Å². The summed E-state index contributed by atoms with van der Waals surface area (Å²) in [5.74, 6) is 0.534. The van der Waals surface area contributed by atoms with Gasteiger partial charge in [0.25, 0.3) is 5.91 Å². The number of rotatable bonds is 5. The van der Waals surface area contributed by atoms with E-state index >= 15 is 0 Å². The maximum Gasteiger partial charge on any atom is 0.407 e. The van der Waals surface area contributed by atoms with Gasteiger partial charge >= 0.3 is 6.09 Å². The molecule has 2 heterocycles. The minimum absolute atomic E-state index is 0.0206. The van der Waals surface area contributed by atoms with Gasteiger partial charge in [0.15, 0.2) is 0 Å². The zero-order valence-electron chi connectivity index (χ0n) is 18.5. The Kier molecular flexibility index (Phi) is 5.58. The number of fused-ring (bicyclic) bond motifs is 1. The van der Waals surface area contributed by atoms with Crippen LogP contribution in [-0.2, 0) is 0 Å². The summed E-state index contributed by atoms with van der Waals surface area (Å²) in [6.07, 6.45) is 4.53. The Morgan fingerprint density at radius 1 is 1.03 bits per heavy atom. The van der Waals surface area contributed by atoms with Crippen molar-refractivity contribution in [2.45, 2.75) is 44.7 Å². The number of nitrogens with one attached hydrogen (secondary N) is 2. The number of benzene rings is 2. The predicted molar refractivity (Wildman–Crippen MR) is 126 cm³/mol. The van der Waals surface area contributed by atoms with Crippen molar-refractivity contribution in [2.24, 2.45) is 0 Å². The van der Waals surface area contributed by atoms with Gasteiger partial charge in [-0.25, -0.2) is 14.8 Å². The zero-order chi connectivity index (χ0) is 22.9. The van der Waals surface area contributed by atoms with Gasteiger partial charge in [-0.15, -0.1) is 0 Å². The first kappa shape index (κ1) is 21.2. The molecule has 0 spiro atoms. The van der Waals surface area contributed by atoms with Gasteiger partial charge in [0.2, 0.25) is 5.95 Å². The molecule has 0 atom stereocenters. The lowest BCUT2D eigenvalue weighted by Crippen LogP contribution is -2.41. The molecule has 1 saturated heterocycles. The molecule has 0 unspecified atom stereocenters. The molecule has 2 aliphatic rings. The third kappa shape index (κ3) is 4.74. The number of likely N-dealkylation sites (tertiary alicyclic amines) is 1. The topological polar surface area (TPSA) is 107 Å². The summed E-state index contributed by atoms with van der Waals surface area (Å²) in [7, 11) is 0. The van der Waals surface area contributed by atoms with Crippen LogP contribution in [0.3, 0.4) is 0 Å². The van der Waals surface area contributed by atoms with Crippen LogP contribution in [0, 0.1) is 6.92 Å². The number of nitrogens with zero attached hydrogens (tertiary/aromatic N) is 3. The maximum absolute atomic E-state index is 12.5. The minimum Gasteiger partial charge on any atom is -0.465 e. The van der Waals surface area contributed by atoms with E-state index in [9.17, 15) is 9.59 Å². The third-order valence-corrected chi connectivity index (χ3v) is 6.40. The Morgan fingerprint density at radius 2 is 1.82 bits per heavy atom. The molecule has 170 valence electrons. The number of aryl methyl sites for hydroxylation is 1. The molecule has 1 saturated carbocycles. The van der Waals surface area contributed by atoms with Crippen molar-refractivity contribution < 1.29 is 14.7 Å². The predicted octanol–water partition coefficient (Wildman–Crippen LogP) is 4.05. The first-order chi connectivity index (χ1) is 16.0. The number of hydrogen-bond donors (Lipinski definition) is 3. The van der Waals surface area contributed by atoms with Gasteiger partial charge in [0, 0.05) is 42.3 Å². The van der Waals surface area contributed by atoms with Crippen molar-refractivity contribution >= 4 is 28.9 Å². The van der Waals surface area contributed by atoms with Crippen LogP contribution in [0.15, 0.2) is 42.6 Å². The van der Waals surface area contributed by atoms with Crippen molar-refractivity contribution in [3.8, 4) is 11.1 Å². The van der Waals surface area contributed by atoms with E-state index in [0.717, 1.165) is 53.3 Å². The number of carbonyl (C=O) groups is 2. The number of piperidine rings is 1. The fraction of sp³-hybridized carbons (Fsp3) is 0.360. The highest BCUT2D eigenvalue weighted by Gasteiger charge is 2.24. The van der Waals surface area contributed by atoms with Crippen LogP contribution >= 0.6 is 0 Å². The molecule has 8 nitrogen and oxygen atoms in total. The quantitative estimate of drug-likeness (QED) is 0.547. The summed E-state index contributed by atoms with van der Waals surface area (Å²) < 4.78 is 0. The summed E-state index contributed by atoms with van der Waals surface area (Å²) in [5.41, 5.74) is 4.65. The SMILES string of the molecule is Cc1ccc(C(=O)NC2CC2)cc1-c1ccc2nc(NC3CCN(C(=O)O)CC3)ncc2c1. The Labute approximate surface area is 192 Å². The molecule has 2 fully saturated rings. The molecule has 3 aromatic rings. The standard InChI is InChI=1S/C25H27N5O3/c1-15-2-3-17(23(31)27-19-5-6-19)13-21(15)16-4-7-22-18(12-16)14-26-24(29-22)28-20-8-10-30(11-9-20)25(32)33/h2-4,7,12-14,19-20H,5-6,8-11H2,1H3,(H,27,31)(H,32,33)(H,26,28,29). The number of hydrogen-bond acceptors (Lipinski definition) is 5. The minimum atomic E-state index is -0.865. The Bertz CT molecular complexity index is 1220. The van der Waals surface area contributed by atoms with Crippen LogP contribution in [0.5, 0.6) is 0 Å². The lowest BCUT2D eigenvalue weighted by atomic mass is 9.97. The highest BCUT2D eigenvalue weighted by Crippen LogP contribution is 2.28. The second-order valence-electron chi connectivity index (χ2n) is 8.93. The molecule has 1 aliphatic carbocycles. The van der Waals surface area contributed by atoms with Gasteiger partial charge in [0.1, 0.15) is 0 Å². The molecule has 0 bridgehead atoms. The number of amides is 2. The van der Waals surface area contributed by atoms with Gasteiger partial charge in [-0.3, -0.25) is 4.79 Å². The second-order valence-corrected chi connectivity index (χ2v) is 8.93. The molecule has 2 aromatic carbocycles. The normalized spacial score (nSPS) is 16.6. The van der Waals surface area contributed by atoms with Gasteiger partial charge in [0.05, 0.1) is 5.52 Å². The number of anilines is 1. The van der Waals surface area contributed by atoms with E-state index in [4.69, 9.17) is 5.11 Å².